The summed E-state index contributed by atoms with van der Waals surface area (Å²) >= 11 is 0. The largest absolute Gasteiger partial charge is 0.481 e. The lowest BCUT2D eigenvalue weighted by molar-refractivity contribution is 0.189. The lowest BCUT2D eigenvalue weighted by Crippen LogP contribution is -2.34. The van der Waals surface area contributed by atoms with E-state index < -0.39 is 6.09 Å². The van der Waals surface area contributed by atoms with E-state index in [0.717, 1.165) is 10.9 Å². The standard InChI is InChI=1S/C14H15N3O3/c1-3-6-20-12-5-4-11-8-15-17(13(11)7-12)9-10(2)16-14(18)19/h1,4-5,7-8,10,16H,6,9H2,2H3,(H,18,19)/t10-/m0/s1. The van der Waals surface area contributed by atoms with Crippen molar-refractivity contribution in [1.29, 1.82) is 0 Å². The van der Waals surface area contributed by atoms with Gasteiger partial charge in [0.2, 0.25) is 0 Å². The van der Waals surface area contributed by atoms with Crippen molar-refractivity contribution < 1.29 is 14.6 Å². The van der Waals surface area contributed by atoms with Crippen LogP contribution in [0.25, 0.3) is 10.9 Å². The van der Waals surface area contributed by atoms with Gasteiger partial charge >= 0.3 is 6.09 Å². The normalized spacial score (nSPS) is 11.8. The van der Waals surface area contributed by atoms with Gasteiger partial charge in [-0.2, -0.15) is 5.10 Å². The molecule has 1 amide bonds. The molecule has 104 valence electrons. The SMILES string of the molecule is C#CCOc1ccc2cnn(C[C@H](C)NC(=O)O)c2c1. The summed E-state index contributed by atoms with van der Waals surface area (Å²) in [5, 5.41) is 16.3. The Hall–Kier alpha value is -2.68. The molecule has 0 unspecified atom stereocenters. The average Bonchev–Trinajstić information content (AvgIpc) is 2.78. The summed E-state index contributed by atoms with van der Waals surface area (Å²) in [7, 11) is 0. The van der Waals surface area contributed by atoms with Crippen LogP contribution in [0.2, 0.25) is 0 Å². The van der Waals surface area contributed by atoms with E-state index in [9.17, 15) is 4.79 Å². The Labute approximate surface area is 116 Å². The van der Waals surface area contributed by atoms with Crippen molar-refractivity contribution >= 4 is 17.0 Å². The van der Waals surface area contributed by atoms with E-state index in [2.05, 4.69) is 16.3 Å². The minimum Gasteiger partial charge on any atom is -0.481 e. The third-order valence-electron chi connectivity index (χ3n) is 2.76. The van der Waals surface area contributed by atoms with Gasteiger partial charge in [0, 0.05) is 17.5 Å². The Balaban J connectivity index is 2.21. The van der Waals surface area contributed by atoms with Crippen molar-refractivity contribution in [2.45, 2.75) is 19.5 Å². The zero-order valence-corrected chi connectivity index (χ0v) is 11.0. The molecular weight excluding hydrogens is 258 g/mol. The number of carboxylic acid groups (broad SMARTS) is 1. The van der Waals surface area contributed by atoms with Gasteiger partial charge < -0.3 is 15.2 Å². The Morgan fingerprint density at radius 2 is 2.45 bits per heavy atom. The number of amides is 1. The summed E-state index contributed by atoms with van der Waals surface area (Å²) in [5.74, 6) is 3.07. The van der Waals surface area contributed by atoms with E-state index in [1.54, 1.807) is 17.8 Å². The van der Waals surface area contributed by atoms with Crippen LogP contribution in [-0.4, -0.2) is 33.6 Å². The fourth-order valence-corrected chi connectivity index (χ4v) is 1.93. The van der Waals surface area contributed by atoms with Crippen molar-refractivity contribution in [3.63, 3.8) is 0 Å². The lowest BCUT2D eigenvalue weighted by atomic mass is 10.2. The van der Waals surface area contributed by atoms with E-state index in [4.69, 9.17) is 16.3 Å². The van der Waals surface area contributed by atoms with E-state index in [1.807, 2.05) is 18.2 Å². The predicted octanol–water partition coefficient (Wildman–Crippen LogP) is 1.70. The quantitative estimate of drug-likeness (QED) is 0.813. The van der Waals surface area contributed by atoms with Gasteiger partial charge in [-0.15, -0.1) is 6.42 Å². The maximum Gasteiger partial charge on any atom is 0.404 e. The zero-order valence-electron chi connectivity index (χ0n) is 11.0. The Morgan fingerprint density at radius 3 is 3.15 bits per heavy atom. The predicted molar refractivity (Wildman–Crippen MR) is 74.7 cm³/mol. The van der Waals surface area contributed by atoms with Crippen molar-refractivity contribution in [2.24, 2.45) is 0 Å². The molecule has 0 radical (unpaired) electrons. The maximum absolute atomic E-state index is 10.6. The minimum atomic E-state index is -1.05. The zero-order chi connectivity index (χ0) is 14.5. The molecule has 0 fully saturated rings. The smallest absolute Gasteiger partial charge is 0.404 e. The number of carbonyl (C=O) groups is 1. The first-order valence-electron chi connectivity index (χ1n) is 6.11. The monoisotopic (exact) mass is 273 g/mol. The van der Waals surface area contributed by atoms with Crippen LogP contribution in [0.3, 0.4) is 0 Å². The first-order valence-corrected chi connectivity index (χ1v) is 6.11. The second kappa shape index (κ2) is 5.97. The van der Waals surface area contributed by atoms with Gasteiger partial charge in [0.05, 0.1) is 18.3 Å². The number of benzene rings is 1. The number of ether oxygens (including phenoxy) is 1. The number of nitrogens with zero attached hydrogens (tertiary/aromatic N) is 2. The summed E-state index contributed by atoms with van der Waals surface area (Å²) in [6.07, 6.45) is 5.84. The molecule has 2 aromatic rings. The summed E-state index contributed by atoms with van der Waals surface area (Å²) in [6.45, 7) is 2.42. The minimum absolute atomic E-state index is 0.205. The lowest BCUT2D eigenvalue weighted by Gasteiger charge is -2.12. The van der Waals surface area contributed by atoms with Crippen LogP contribution in [0.15, 0.2) is 24.4 Å². The summed E-state index contributed by atoms with van der Waals surface area (Å²) in [4.78, 5) is 10.6. The highest BCUT2D eigenvalue weighted by molar-refractivity contribution is 5.80. The van der Waals surface area contributed by atoms with Crippen molar-refractivity contribution in [3.8, 4) is 18.1 Å². The van der Waals surface area contributed by atoms with Crippen LogP contribution in [0, 0.1) is 12.3 Å². The summed E-state index contributed by atoms with van der Waals surface area (Å²) < 4.78 is 7.11. The first kappa shape index (κ1) is 13.7. The summed E-state index contributed by atoms with van der Waals surface area (Å²) in [6, 6.07) is 5.31. The van der Waals surface area contributed by atoms with Gasteiger partial charge in [0.25, 0.3) is 0 Å². The fourth-order valence-electron chi connectivity index (χ4n) is 1.93. The molecular formula is C14H15N3O3. The van der Waals surface area contributed by atoms with Crippen LogP contribution < -0.4 is 10.1 Å². The molecule has 0 aliphatic heterocycles. The van der Waals surface area contributed by atoms with Crippen LogP contribution in [0.1, 0.15) is 6.92 Å². The summed E-state index contributed by atoms with van der Waals surface area (Å²) in [5.41, 5.74) is 0.874. The third kappa shape index (κ3) is 3.20. The molecule has 1 atom stereocenters. The van der Waals surface area contributed by atoms with Gasteiger partial charge in [0.1, 0.15) is 12.4 Å². The van der Waals surface area contributed by atoms with Crippen LogP contribution in [0.5, 0.6) is 5.75 Å². The molecule has 2 rings (SSSR count). The number of nitrogens with one attached hydrogen (secondary N) is 1. The number of rotatable bonds is 5. The van der Waals surface area contributed by atoms with Crippen LogP contribution in [0.4, 0.5) is 4.79 Å². The van der Waals surface area contributed by atoms with E-state index in [1.165, 1.54) is 0 Å². The molecule has 0 bridgehead atoms. The third-order valence-corrected chi connectivity index (χ3v) is 2.76. The Morgan fingerprint density at radius 1 is 1.65 bits per heavy atom. The highest BCUT2D eigenvalue weighted by atomic mass is 16.5. The molecule has 6 nitrogen and oxygen atoms in total. The van der Waals surface area contributed by atoms with Gasteiger partial charge in [0.15, 0.2) is 0 Å². The van der Waals surface area contributed by atoms with Crippen molar-refractivity contribution in [3.05, 3.63) is 24.4 Å². The highest BCUT2D eigenvalue weighted by Gasteiger charge is 2.10. The maximum atomic E-state index is 10.6. The molecule has 0 saturated carbocycles. The second-order valence-corrected chi connectivity index (χ2v) is 4.39. The average molecular weight is 273 g/mol. The second-order valence-electron chi connectivity index (χ2n) is 4.39. The molecule has 0 aliphatic carbocycles. The van der Waals surface area contributed by atoms with Crippen molar-refractivity contribution in [2.75, 3.05) is 6.61 Å². The number of hydrogen-bond acceptors (Lipinski definition) is 3. The van der Waals surface area contributed by atoms with Gasteiger partial charge in [-0.25, -0.2) is 4.79 Å². The van der Waals surface area contributed by atoms with Gasteiger partial charge in [-0.05, 0) is 19.1 Å². The Bertz CT molecular complexity index is 657. The number of fused-ring (bicyclic) bond motifs is 1. The fraction of sp³-hybridized carbons (Fsp3) is 0.286. The van der Waals surface area contributed by atoms with Crippen LogP contribution >= 0.6 is 0 Å². The number of hydrogen-bond donors (Lipinski definition) is 2. The molecule has 0 spiro atoms. The number of terminal acetylenes is 1. The highest BCUT2D eigenvalue weighted by Crippen LogP contribution is 2.20. The molecule has 0 aliphatic rings. The first-order chi connectivity index (χ1) is 9.60. The Kier molecular flexibility index (Phi) is 4.11. The molecule has 2 N–H and O–H groups in total. The number of aromatic nitrogens is 2. The van der Waals surface area contributed by atoms with Gasteiger partial charge in [-0.1, -0.05) is 5.92 Å². The molecule has 0 saturated heterocycles. The topological polar surface area (TPSA) is 76.4 Å². The van der Waals surface area contributed by atoms with Gasteiger partial charge in [-0.3, -0.25) is 4.68 Å². The van der Waals surface area contributed by atoms with Crippen molar-refractivity contribution in [1.82, 2.24) is 15.1 Å². The molecule has 1 aromatic heterocycles. The van der Waals surface area contributed by atoms with E-state index in [0.29, 0.717) is 12.3 Å². The van der Waals surface area contributed by atoms with Crippen LogP contribution in [-0.2, 0) is 6.54 Å². The molecule has 1 aromatic carbocycles. The molecule has 1 heterocycles. The molecule has 20 heavy (non-hydrogen) atoms. The molecule has 6 heteroatoms. The van der Waals surface area contributed by atoms with E-state index in [-0.39, 0.29) is 12.6 Å². The van der Waals surface area contributed by atoms with E-state index >= 15 is 0 Å².